The third-order valence-electron chi connectivity index (χ3n) is 12.9. The predicted molar refractivity (Wildman–Crippen MR) is 260 cm³/mol. The summed E-state index contributed by atoms with van der Waals surface area (Å²) in [5.41, 5.74) is 1.39. The molecule has 1 rings (SSSR count). The number of unbranched alkanes of at least 4 members (excludes halogenated alkanes) is 20. The summed E-state index contributed by atoms with van der Waals surface area (Å²) in [6.45, 7) is 13.6. The van der Waals surface area contributed by atoms with Crippen molar-refractivity contribution in [2.24, 2.45) is 11.8 Å². The van der Waals surface area contributed by atoms with Crippen molar-refractivity contribution in [1.82, 2.24) is 4.90 Å². The molecule has 0 saturated heterocycles. The number of hydrogen-bond donors (Lipinski definition) is 0. The highest BCUT2D eigenvalue weighted by atomic mass is 16.5. The minimum Gasteiger partial charge on any atom is -0.466 e. The van der Waals surface area contributed by atoms with E-state index in [4.69, 9.17) is 9.47 Å². The molecule has 0 aromatic heterocycles. The molecule has 0 bridgehead atoms. The van der Waals surface area contributed by atoms with Crippen molar-refractivity contribution in [2.45, 2.75) is 265 Å². The highest BCUT2D eigenvalue weighted by Crippen LogP contribution is 2.24. The number of ether oxygens (including phenoxy) is 2. The van der Waals surface area contributed by atoms with Gasteiger partial charge in [-0.25, -0.2) is 0 Å². The first kappa shape index (κ1) is 56.1. The zero-order chi connectivity index (χ0) is 43.4. The molecule has 0 spiro atoms. The average Bonchev–Trinajstić information content (AvgIpc) is 3.25. The van der Waals surface area contributed by atoms with Gasteiger partial charge >= 0.3 is 11.9 Å². The zero-order valence-electron chi connectivity index (χ0n) is 40.6. The van der Waals surface area contributed by atoms with Gasteiger partial charge in [0.1, 0.15) is 0 Å². The fourth-order valence-electron chi connectivity index (χ4n) is 8.95. The van der Waals surface area contributed by atoms with Gasteiger partial charge in [-0.15, -0.1) is 0 Å². The molecular weight excluding hydrogens is 739 g/mol. The Labute approximate surface area is 374 Å². The van der Waals surface area contributed by atoms with Crippen molar-refractivity contribution in [3.8, 4) is 0 Å². The molecule has 0 amide bonds. The van der Waals surface area contributed by atoms with Gasteiger partial charge in [0.2, 0.25) is 0 Å². The van der Waals surface area contributed by atoms with Crippen LogP contribution in [-0.4, -0.2) is 43.1 Å². The highest BCUT2D eigenvalue weighted by molar-refractivity contribution is 5.69. The Morgan fingerprint density at radius 3 is 1.13 bits per heavy atom. The first-order chi connectivity index (χ1) is 29.5. The van der Waals surface area contributed by atoms with Crippen molar-refractivity contribution in [3.63, 3.8) is 0 Å². The Kier molecular flexibility index (Phi) is 40.9. The maximum atomic E-state index is 12.4. The molecule has 0 aliphatic carbocycles. The molecule has 0 saturated carbocycles. The van der Waals surface area contributed by atoms with Crippen LogP contribution in [0.25, 0.3) is 0 Å². The van der Waals surface area contributed by atoms with E-state index in [1.54, 1.807) is 0 Å². The van der Waals surface area contributed by atoms with E-state index in [1.165, 1.54) is 185 Å². The van der Waals surface area contributed by atoms with Crippen LogP contribution in [-0.2, 0) is 25.6 Å². The first-order valence-electron chi connectivity index (χ1n) is 26.6. The maximum Gasteiger partial charge on any atom is 0.305 e. The van der Waals surface area contributed by atoms with E-state index in [1.807, 2.05) is 0 Å². The minimum absolute atomic E-state index is 0.00172. The number of rotatable bonds is 46. The molecule has 5 heteroatoms. The Balaban J connectivity index is 2.21. The molecule has 350 valence electrons. The van der Waals surface area contributed by atoms with Crippen molar-refractivity contribution in [3.05, 3.63) is 35.9 Å². The molecule has 0 fully saturated rings. The van der Waals surface area contributed by atoms with Gasteiger partial charge in [0.05, 0.1) is 13.2 Å². The molecule has 0 unspecified atom stereocenters. The fraction of sp³-hybridized carbons (Fsp3) is 0.855. The third-order valence-corrected chi connectivity index (χ3v) is 12.9. The number of carbonyl (C=O) groups excluding carboxylic acids is 2. The van der Waals surface area contributed by atoms with Crippen LogP contribution in [0.3, 0.4) is 0 Å². The Morgan fingerprint density at radius 1 is 0.417 bits per heavy atom. The lowest BCUT2D eigenvalue weighted by molar-refractivity contribution is -0.144. The molecule has 0 aliphatic heterocycles. The molecule has 0 heterocycles. The molecular formula is C55H101NO4. The summed E-state index contributed by atoms with van der Waals surface area (Å²) in [4.78, 5) is 27.5. The number of carbonyl (C=O) groups is 2. The number of esters is 2. The van der Waals surface area contributed by atoms with Crippen molar-refractivity contribution in [2.75, 3.05) is 26.3 Å². The van der Waals surface area contributed by atoms with Gasteiger partial charge in [0, 0.05) is 19.4 Å². The lowest BCUT2D eigenvalue weighted by atomic mass is 9.91. The van der Waals surface area contributed by atoms with Crippen LogP contribution >= 0.6 is 0 Å². The van der Waals surface area contributed by atoms with E-state index >= 15 is 0 Å². The van der Waals surface area contributed by atoms with Crippen LogP contribution in [0.2, 0.25) is 0 Å². The normalized spacial score (nSPS) is 11.7. The topological polar surface area (TPSA) is 55.8 Å². The summed E-state index contributed by atoms with van der Waals surface area (Å²) >= 11 is 0. The second-order valence-corrected chi connectivity index (χ2v) is 18.7. The van der Waals surface area contributed by atoms with Crippen molar-refractivity contribution >= 4 is 11.9 Å². The molecule has 0 atom stereocenters. The second-order valence-electron chi connectivity index (χ2n) is 18.7. The van der Waals surface area contributed by atoms with Crippen LogP contribution in [0.5, 0.6) is 0 Å². The maximum absolute atomic E-state index is 12.4. The summed E-state index contributed by atoms with van der Waals surface area (Å²) in [7, 11) is 0. The van der Waals surface area contributed by atoms with Crippen LogP contribution < -0.4 is 0 Å². The van der Waals surface area contributed by atoms with Gasteiger partial charge in [-0.1, -0.05) is 225 Å². The molecule has 1 aromatic carbocycles. The standard InChI is InChI=1S/C55H101NO4/c1-5-9-13-24-36-51(37-25-14-10-6-2)42-34-48-59-54(57)44-30-19-17-21-32-46-56(50-53-40-28-23-29-41-53)47-33-22-18-20-31-45-55(58)60-49-35-43-52(38-26-15-11-7-3)39-27-16-12-8-4/h23,28-29,40-41,51-52H,5-22,24-27,30-39,42-50H2,1-4H3. The number of nitrogens with zero attached hydrogens (tertiary/aromatic N) is 1. The lowest BCUT2D eigenvalue weighted by Crippen LogP contribution is -2.25. The lowest BCUT2D eigenvalue weighted by Gasteiger charge is -2.22. The first-order valence-corrected chi connectivity index (χ1v) is 26.6. The van der Waals surface area contributed by atoms with E-state index in [2.05, 4.69) is 62.9 Å². The van der Waals surface area contributed by atoms with E-state index in [-0.39, 0.29) is 11.9 Å². The zero-order valence-corrected chi connectivity index (χ0v) is 40.6. The molecule has 60 heavy (non-hydrogen) atoms. The molecule has 0 aliphatic rings. The Bertz CT molecular complexity index is 960. The predicted octanol–water partition coefficient (Wildman–Crippen LogP) is 16.9. The van der Waals surface area contributed by atoms with Crippen molar-refractivity contribution < 1.29 is 19.1 Å². The summed E-state index contributed by atoms with van der Waals surface area (Å²) in [6, 6.07) is 10.9. The smallest absolute Gasteiger partial charge is 0.305 e. The van der Waals surface area contributed by atoms with Gasteiger partial charge in [0.25, 0.3) is 0 Å². The third kappa shape index (κ3) is 36.7. The van der Waals surface area contributed by atoms with Gasteiger partial charge in [-0.05, 0) is 81.9 Å². The summed E-state index contributed by atoms with van der Waals surface area (Å²) in [5.74, 6) is 1.62. The largest absolute Gasteiger partial charge is 0.466 e. The Morgan fingerprint density at radius 2 is 0.750 bits per heavy atom. The fourth-order valence-corrected chi connectivity index (χ4v) is 8.95. The second kappa shape index (κ2) is 43.8. The SMILES string of the molecule is CCCCCCC(CCCCCC)CCCOC(=O)CCCCCCCN(CCCCCCCC(=O)OCCCC(CCCCCC)CCCCCC)Cc1ccccc1. The number of benzene rings is 1. The van der Waals surface area contributed by atoms with Gasteiger partial charge in [-0.2, -0.15) is 0 Å². The monoisotopic (exact) mass is 840 g/mol. The van der Waals surface area contributed by atoms with E-state index < -0.39 is 0 Å². The van der Waals surface area contributed by atoms with Crippen LogP contribution in [0, 0.1) is 11.8 Å². The highest BCUT2D eigenvalue weighted by Gasteiger charge is 2.12. The van der Waals surface area contributed by atoms with Crippen LogP contribution in [0.15, 0.2) is 30.3 Å². The summed E-state index contributed by atoms with van der Waals surface area (Å²) in [5, 5.41) is 0. The summed E-state index contributed by atoms with van der Waals surface area (Å²) < 4.78 is 11.3. The molecule has 0 N–H and O–H groups in total. The van der Waals surface area contributed by atoms with E-state index in [9.17, 15) is 9.59 Å². The molecule has 0 radical (unpaired) electrons. The van der Waals surface area contributed by atoms with Crippen LogP contribution in [0.1, 0.15) is 264 Å². The van der Waals surface area contributed by atoms with Gasteiger partial charge in [0.15, 0.2) is 0 Å². The minimum atomic E-state index is 0.00172. The van der Waals surface area contributed by atoms with E-state index in [0.29, 0.717) is 26.1 Å². The molecule has 5 nitrogen and oxygen atoms in total. The van der Waals surface area contributed by atoms with Crippen molar-refractivity contribution in [1.29, 1.82) is 0 Å². The Hall–Kier alpha value is -1.88. The van der Waals surface area contributed by atoms with Crippen LogP contribution in [0.4, 0.5) is 0 Å². The summed E-state index contributed by atoms with van der Waals surface area (Å²) in [6.07, 6.45) is 43.9. The molecule has 1 aromatic rings. The van der Waals surface area contributed by atoms with Gasteiger partial charge in [-0.3, -0.25) is 14.5 Å². The van der Waals surface area contributed by atoms with E-state index in [0.717, 1.165) is 70.0 Å². The number of hydrogen-bond acceptors (Lipinski definition) is 5. The quantitative estimate of drug-likeness (QED) is 0.0483. The average molecular weight is 840 g/mol. The van der Waals surface area contributed by atoms with Gasteiger partial charge < -0.3 is 9.47 Å².